The van der Waals surface area contributed by atoms with Crippen molar-refractivity contribution in [1.82, 2.24) is 0 Å². The van der Waals surface area contributed by atoms with Crippen LogP contribution in [0.3, 0.4) is 0 Å². The smallest absolute Gasteiger partial charge is 0.302 e. The Bertz CT molecular complexity index is 782. The molecule has 0 aromatic heterocycles. The molecule has 198 valence electrons. The van der Waals surface area contributed by atoms with Gasteiger partial charge in [-0.1, -0.05) is 57.9 Å². The van der Waals surface area contributed by atoms with Gasteiger partial charge in [-0.15, -0.1) is 0 Å². The van der Waals surface area contributed by atoms with E-state index in [4.69, 9.17) is 14.2 Å². The standard InChI is InChI=1S/C29H46O6/c1-5-6-10-15-25-18-23(19-28(33-4)29(25)32)16-17-26(34-21(2)30)20-27(35-22(3)31)24-13-11-8-7-9-12-14-24/h18-19,24,26-27,32H,5-17,20H2,1-4H3/t26-,27-/m1/s1. The third-order valence-corrected chi connectivity index (χ3v) is 7.06. The van der Waals surface area contributed by atoms with Gasteiger partial charge in [0.25, 0.3) is 0 Å². The summed E-state index contributed by atoms with van der Waals surface area (Å²) in [6.07, 6.45) is 13.4. The summed E-state index contributed by atoms with van der Waals surface area (Å²) in [5, 5.41) is 10.6. The van der Waals surface area contributed by atoms with Gasteiger partial charge in [0.1, 0.15) is 12.2 Å². The summed E-state index contributed by atoms with van der Waals surface area (Å²) in [6, 6.07) is 3.90. The van der Waals surface area contributed by atoms with Gasteiger partial charge in [-0.25, -0.2) is 0 Å². The molecule has 6 nitrogen and oxygen atoms in total. The molecule has 1 N–H and O–H groups in total. The molecule has 0 heterocycles. The molecule has 0 saturated heterocycles. The van der Waals surface area contributed by atoms with E-state index in [0.717, 1.165) is 62.5 Å². The summed E-state index contributed by atoms with van der Waals surface area (Å²) in [5.41, 5.74) is 1.93. The Morgan fingerprint density at radius 2 is 1.63 bits per heavy atom. The number of aryl methyl sites for hydroxylation is 2. The lowest BCUT2D eigenvalue weighted by molar-refractivity contribution is -0.156. The highest BCUT2D eigenvalue weighted by molar-refractivity contribution is 5.66. The summed E-state index contributed by atoms with van der Waals surface area (Å²) in [7, 11) is 1.56. The monoisotopic (exact) mass is 490 g/mol. The first-order valence-corrected chi connectivity index (χ1v) is 13.6. The maximum Gasteiger partial charge on any atom is 0.302 e. The highest BCUT2D eigenvalue weighted by Gasteiger charge is 2.29. The van der Waals surface area contributed by atoms with Crippen LogP contribution in [0.25, 0.3) is 0 Å². The minimum Gasteiger partial charge on any atom is -0.504 e. The lowest BCUT2D eigenvalue weighted by atomic mass is 9.84. The summed E-state index contributed by atoms with van der Waals surface area (Å²) < 4.78 is 16.9. The van der Waals surface area contributed by atoms with E-state index in [1.807, 2.05) is 12.1 Å². The number of phenolic OH excluding ortho intramolecular Hbond substituents is 1. The van der Waals surface area contributed by atoms with Crippen molar-refractivity contribution in [3.8, 4) is 11.5 Å². The first-order valence-electron chi connectivity index (χ1n) is 13.6. The molecule has 0 unspecified atom stereocenters. The lowest BCUT2D eigenvalue weighted by Gasteiger charge is -2.31. The Balaban J connectivity index is 2.15. The fourth-order valence-electron chi connectivity index (χ4n) is 5.24. The number of unbranched alkanes of at least 4 members (excludes halogenated alkanes) is 2. The van der Waals surface area contributed by atoms with Gasteiger partial charge in [0.05, 0.1) is 7.11 Å². The SMILES string of the molecule is CCCCCc1cc(CC[C@H](C[C@@H](OC(C)=O)C2CCCCCCC2)OC(C)=O)cc(OC)c1O. The Morgan fingerprint density at radius 1 is 0.971 bits per heavy atom. The van der Waals surface area contributed by atoms with Gasteiger partial charge in [0, 0.05) is 20.3 Å². The van der Waals surface area contributed by atoms with Gasteiger partial charge in [-0.2, -0.15) is 0 Å². The van der Waals surface area contributed by atoms with Crippen molar-refractivity contribution < 1.29 is 28.9 Å². The second-order valence-corrected chi connectivity index (χ2v) is 10.0. The van der Waals surface area contributed by atoms with Crippen LogP contribution in [0.15, 0.2) is 12.1 Å². The van der Waals surface area contributed by atoms with E-state index >= 15 is 0 Å². The zero-order valence-electron chi connectivity index (χ0n) is 22.3. The van der Waals surface area contributed by atoms with Crippen LogP contribution in [-0.2, 0) is 31.9 Å². The van der Waals surface area contributed by atoms with E-state index in [2.05, 4.69) is 6.92 Å². The molecule has 1 saturated carbocycles. The van der Waals surface area contributed by atoms with Gasteiger partial charge in [-0.05, 0) is 61.6 Å². The third kappa shape index (κ3) is 10.5. The van der Waals surface area contributed by atoms with Crippen LogP contribution in [0, 0.1) is 5.92 Å². The molecule has 0 aliphatic heterocycles. The molecule has 1 aliphatic rings. The van der Waals surface area contributed by atoms with Crippen molar-refractivity contribution in [2.45, 2.75) is 123 Å². The number of hydrogen-bond donors (Lipinski definition) is 1. The molecule has 2 atom stereocenters. The minimum absolute atomic E-state index is 0.211. The molecule has 1 aliphatic carbocycles. The molecule has 1 aromatic carbocycles. The number of methoxy groups -OCH3 is 1. The molecule has 35 heavy (non-hydrogen) atoms. The molecule has 2 rings (SSSR count). The van der Waals surface area contributed by atoms with Crippen LogP contribution >= 0.6 is 0 Å². The fraction of sp³-hybridized carbons (Fsp3) is 0.724. The van der Waals surface area contributed by atoms with E-state index < -0.39 is 0 Å². The van der Waals surface area contributed by atoms with Crippen molar-refractivity contribution in [1.29, 1.82) is 0 Å². The zero-order chi connectivity index (χ0) is 25.6. The lowest BCUT2D eigenvalue weighted by Crippen LogP contribution is -2.33. The van der Waals surface area contributed by atoms with E-state index in [1.54, 1.807) is 7.11 Å². The van der Waals surface area contributed by atoms with Gasteiger partial charge in [0.2, 0.25) is 0 Å². The molecule has 0 bridgehead atoms. The number of carbonyl (C=O) groups is 2. The van der Waals surface area contributed by atoms with Gasteiger partial charge in [-0.3, -0.25) is 9.59 Å². The van der Waals surface area contributed by atoms with Crippen LogP contribution in [0.4, 0.5) is 0 Å². The zero-order valence-corrected chi connectivity index (χ0v) is 22.3. The van der Waals surface area contributed by atoms with Gasteiger partial charge in [0.15, 0.2) is 11.5 Å². The first-order chi connectivity index (χ1) is 16.8. The maximum atomic E-state index is 11.9. The number of aromatic hydroxyl groups is 1. The number of phenols is 1. The molecule has 0 radical (unpaired) electrons. The second kappa shape index (κ2) is 15.7. The number of rotatable bonds is 13. The number of benzene rings is 1. The Labute approximate surface area is 211 Å². The third-order valence-electron chi connectivity index (χ3n) is 7.06. The van der Waals surface area contributed by atoms with Crippen LogP contribution in [0.1, 0.15) is 109 Å². The molecule has 6 heteroatoms. The number of ether oxygens (including phenoxy) is 3. The normalized spacial score (nSPS) is 16.6. The average Bonchev–Trinajstić information content (AvgIpc) is 2.78. The number of hydrogen-bond acceptors (Lipinski definition) is 6. The minimum atomic E-state index is -0.342. The molecular formula is C29H46O6. The van der Waals surface area contributed by atoms with E-state index in [-0.39, 0.29) is 29.9 Å². The Kier molecular flexibility index (Phi) is 13.0. The predicted molar refractivity (Wildman–Crippen MR) is 138 cm³/mol. The topological polar surface area (TPSA) is 82.1 Å². The molecule has 1 fully saturated rings. The van der Waals surface area contributed by atoms with Crippen molar-refractivity contribution in [2.75, 3.05) is 7.11 Å². The van der Waals surface area contributed by atoms with Crippen molar-refractivity contribution >= 4 is 11.9 Å². The second-order valence-electron chi connectivity index (χ2n) is 10.0. The highest BCUT2D eigenvalue weighted by Crippen LogP contribution is 2.34. The van der Waals surface area contributed by atoms with E-state index in [9.17, 15) is 14.7 Å². The molecule has 1 aromatic rings. The summed E-state index contributed by atoms with van der Waals surface area (Å²) in [4.78, 5) is 23.8. The Morgan fingerprint density at radius 3 is 2.23 bits per heavy atom. The van der Waals surface area contributed by atoms with Crippen LogP contribution in [0.5, 0.6) is 11.5 Å². The van der Waals surface area contributed by atoms with Crippen molar-refractivity contribution in [3.05, 3.63) is 23.3 Å². The van der Waals surface area contributed by atoms with Gasteiger partial charge >= 0.3 is 11.9 Å². The van der Waals surface area contributed by atoms with Crippen LogP contribution < -0.4 is 4.74 Å². The Hall–Kier alpha value is -2.24. The summed E-state index contributed by atoms with van der Waals surface area (Å²) in [5.74, 6) is 0.390. The summed E-state index contributed by atoms with van der Waals surface area (Å²) in [6.45, 7) is 5.05. The van der Waals surface area contributed by atoms with Crippen LogP contribution in [0.2, 0.25) is 0 Å². The molecule has 0 amide bonds. The maximum absolute atomic E-state index is 11.9. The quantitative estimate of drug-likeness (QED) is 0.245. The number of esters is 2. The average molecular weight is 491 g/mol. The number of carbonyl (C=O) groups excluding carboxylic acids is 2. The summed E-state index contributed by atoms with van der Waals surface area (Å²) >= 11 is 0. The van der Waals surface area contributed by atoms with E-state index in [0.29, 0.717) is 30.9 Å². The fourth-order valence-corrected chi connectivity index (χ4v) is 5.24. The molecule has 0 spiro atoms. The van der Waals surface area contributed by atoms with Gasteiger partial charge < -0.3 is 19.3 Å². The highest BCUT2D eigenvalue weighted by atomic mass is 16.6. The van der Waals surface area contributed by atoms with Crippen LogP contribution in [-0.4, -0.2) is 36.4 Å². The largest absolute Gasteiger partial charge is 0.504 e. The first kappa shape index (κ1) is 29.0. The molecular weight excluding hydrogens is 444 g/mol. The van der Waals surface area contributed by atoms with Crippen molar-refractivity contribution in [3.63, 3.8) is 0 Å². The van der Waals surface area contributed by atoms with E-state index in [1.165, 1.54) is 33.1 Å². The predicted octanol–water partition coefficient (Wildman–Crippen LogP) is 6.68. The van der Waals surface area contributed by atoms with Crippen molar-refractivity contribution in [2.24, 2.45) is 5.92 Å².